The topological polar surface area (TPSA) is 246 Å². The van der Waals surface area contributed by atoms with Crippen LogP contribution in [-0.4, -0.2) is 99.6 Å². The van der Waals surface area contributed by atoms with Gasteiger partial charge in [-0.3, -0.25) is 24.6 Å². The zero-order valence-corrected chi connectivity index (χ0v) is 32.5. The second-order valence-corrected chi connectivity index (χ2v) is 15.3. The number of para-hydroxylation sites is 2. The van der Waals surface area contributed by atoms with Gasteiger partial charge in [0, 0.05) is 49.7 Å². The number of carbonyl (C=O) groups is 4. The Labute approximate surface area is 335 Å². The number of hydrogen-bond acceptors (Lipinski definition) is 12. The number of aromatic nitrogens is 3. The minimum Gasteiger partial charge on any atom is -0.481 e. The molecular formula is C40H45N9O8S. The van der Waals surface area contributed by atoms with Gasteiger partial charge in [0.2, 0.25) is 5.91 Å². The molecule has 0 radical (unpaired) electrons. The highest BCUT2D eigenvalue weighted by Gasteiger charge is 2.30. The molecule has 0 bridgehead atoms. The zero-order chi connectivity index (χ0) is 41.2. The van der Waals surface area contributed by atoms with Crippen LogP contribution in [0.3, 0.4) is 0 Å². The standard InChI is InChI=1S/C40H45N9O8S/c1-48-24-29-20-26(14-16-30(29)44-33(40(48)54)21-37(50)51)39(53)49(25-36-45-31-11-5-6-12-32(31)46-36)19-9-3-2-8-18-41-38(52)28-15-17-35(42-22-28)47-43-23-27-10-4-7-13-34(27)58(55,56)57/h4-7,10-17,20,22-23,33,44,55-57H,2-3,8-9,18-19,21,24-25H2,1H3,(H,41,52)(H,42,47)(H,45,46)(H,50,51)/b43-23+/t33-/m1/s1. The molecule has 0 aliphatic carbocycles. The van der Waals surface area contributed by atoms with Crippen LogP contribution in [0, 0.1) is 0 Å². The van der Waals surface area contributed by atoms with E-state index in [1.165, 1.54) is 23.4 Å². The maximum absolute atomic E-state index is 14.1. The second kappa shape index (κ2) is 18.7. The van der Waals surface area contributed by atoms with Gasteiger partial charge in [-0.1, -0.05) is 43.2 Å². The molecular weight excluding hydrogens is 767 g/mol. The first-order valence-corrected chi connectivity index (χ1v) is 20.1. The molecule has 1 aliphatic rings. The summed E-state index contributed by atoms with van der Waals surface area (Å²) < 4.78 is 28.8. The number of benzene rings is 3. The lowest BCUT2D eigenvalue weighted by Crippen LogP contribution is -2.39. The van der Waals surface area contributed by atoms with Crippen LogP contribution in [0.2, 0.25) is 0 Å². The largest absolute Gasteiger partial charge is 0.481 e. The molecule has 0 fully saturated rings. The number of fused-ring (bicyclic) bond motifs is 2. The summed E-state index contributed by atoms with van der Waals surface area (Å²) in [4.78, 5) is 66.4. The van der Waals surface area contributed by atoms with Crippen molar-refractivity contribution in [3.8, 4) is 0 Å². The van der Waals surface area contributed by atoms with E-state index in [0.29, 0.717) is 59.1 Å². The van der Waals surface area contributed by atoms with Gasteiger partial charge in [-0.05, 0) is 66.9 Å². The van der Waals surface area contributed by atoms with E-state index in [0.717, 1.165) is 30.3 Å². The number of nitrogens with zero attached hydrogens (tertiary/aromatic N) is 5. The van der Waals surface area contributed by atoms with Gasteiger partial charge in [-0.25, -0.2) is 9.97 Å². The summed E-state index contributed by atoms with van der Waals surface area (Å²) in [6, 6.07) is 21.2. The number of H-pyrrole nitrogens is 1. The molecule has 1 aliphatic heterocycles. The molecule has 5 aromatic rings. The van der Waals surface area contributed by atoms with Crippen molar-refractivity contribution >= 4 is 63.3 Å². The van der Waals surface area contributed by atoms with Crippen LogP contribution < -0.4 is 16.1 Å². The Morgan fingerprint density at radius 2 is 1.74 bits per heavy atom. The van der Waals surface area contributed by atoms with Crippen molar-refractivity contribution in [3.05, 3.63) is 113 Å². The van der Waals surface area contributed by atoms with Gasteiger partial charge in [0.25, 0.3) is 11.8 Å². The number of hydrazone groups is 1. The van der Waals surface area contributed by atoms with E-state index in [-0.39, 0.29) is 42.1 Å². The normalized spacial score (nSPS) is 14.4. The van der Waals surface area contributed by atoms with Crippen molar-refractivity contribution in [3.63, 3.8) is 0 Å². The van der Waals surface area contributed by atoms with E-state index in [4.69, 9.17) is 0 Å². The minimum atomic E-state index is -3.92. The van der Waals surface area contributed by atoms with Crippen LogP contribution in [-0.2, 0) is 22.7 Å². The van der Waals surface area contributed by atoms with Gasteiger partial charge in [0.15, 0.2) is 0 Å². The fraction of sp³-hybridized carbons (Fsp3) is 0.275. The number of carboxylic acids is 1. The SMILES string of the molecule is CN1Cc2cc(C(=O)N(CCCCCCNC(=O)c3ccc(N/N=C/c4ccccc4S(O)(O)O)nc3)Cc3nc4ccccc4[nH]3)ccc2N[C@H](CC(=O)O)C1=O. The van der Waals surface area contributed by atoms with Crippen molar-refractivity contribution < 1.29 is 37.9 Å². The smallest absolute Gasteiger partial charge is 0.305 e. The number of carbonyl (C=O) groups excluding carboxylic acids is 3. The highest BCUT2D eigenvalue weighted by molar-refractivity contribution is 8.19. The van der Waals surface area contributed by atoms with E-state index in [2.05, 4.69) is 36.1 Å². The molecule has 17 nitrogen and oxygen atoms in total. The van der Waals surface area contributed by atoms with Crippen molar-refractivity contribution in [2.75, 3.05) is 30.9 Å². The Kier molecular flexibility index (Phi) is 13.3. The third-order valence-electron chi connectivity index (χ3n) is 9.47. The Morgan fingerprint density at radius 3 is 2.50 bits per heavy atom. The van der Waals surface area contributed by atoms with Crippen LogP contribution >= 0.6 is 10.9 Å². The first-order valence-electron chi connectivity index (χ1n) is 18.6. The maximum atomic E-state index is 14.1. The number of amides is 3. The lowest BCUT2D eigenvalue weighted by atomic mass is 10.1. The van der Waals surface area contributed by atoms with Gasteiger partial charge < -0.3 is 44.2 Å². The zero-order valence-electron chi connectivity index (χ0n) is 31.7. The van der Waals surface area contributed by atoms with Gasteiger partial charge in [0.05, 0.1) is 40.7 Å². The summed E-state index contributed by atoms with van der Waals surface area (Å²) in [5, 5.41) is 19.3. The van der Waals surface area contributed by atoms with E-state index < -0.39 is 22.9 Å². The van der Waals surface area contributed by atoms with Crippen molar-refractivity contribution in [2.45, 2.75) is 56.1 Å². The predicted molar refractivity (Wildman–Crippen MR) is 220 cm³/mol. The molecule has 0 saturated carbocycles. The Hall–Kier alpha value is -6.34. The van der Waals surface area contributed by atoms with Crippen LogP contribution in [0.1, 0.15) is 69.8 Å². The number of rotatable bonds is 17. The number of aliphatic carboxylic acids is 1. The third kappa shape index (κ3) is 10.7. The van der Waals surface area contributed by atoms with Gasteiger partial charge in [-0.2, -0.15) is 5.10 Å². The summed E-state index contributed by atoms with van der Waals surface area (Å²) >= 11 is 0. The highest BCUT2D eigenvalue weighted by atomic mass is 32.3. The number of pyridine rings is 1. The van der Waals surface area contributed by atoms with Gasteiger partial charge in [0.1, 0.15) is 28.6 Å². The fourth-order valence-corrected chi connectivity index (χ4v) is 7.24. The molecule has 18 heteroatoms. The summed E-state index contributed by atoms with van der Waals surface area (Å²) in [6.45, 7) is 1.36. The first kappa shape index (κ1) is 41.3. The fourth-order valence-electron chi connectivity index (χ4n) is 6.54. The number of nitrogens with one attached hydrogen (secondary N) is 4. The predicted octanol–water partition coefficient (Wildman–Crippen LogP) is 5.85. The molecule has 304 valence electrons. The van der Waals surface area contributed by atoms with Crippen LogP contribution in [0.5, 0.6) is 0 Å². The van der Waals surface area contributed by atoms with Gasteiger partial charge in [-0.15, -0.1) is 0 Å². The average molecular weight is 812 g/mol. The molecule has 0 unspecified atom stereocenters. The van der Waals surface area contributed by atoms with E-state index >= 15 is 0 Å². The number of carboxylic acid groups (broad SMARTS) is 1. The Balaban J connectivity index is 1.00. The van der Waals surface area contributed by atoms with Gasteiger partial charge >= 0.3 is 5.97 Å². The van der Waals surface area contributed by atoms with E-state index in [9.17, 15) is 37.9 Å². The number of anilines is 2. The molecule has 0 spiro atoms. The van der Waals surface area contributed by atoms with Crippen molar-refractivity contribution in [1.29, 1.82) is 0 Å². The van der Waals surface area contributed by atoms with E-state index in [1.54, 1.807) is 60.5 Å². The summed E-state index contributed by atoms with van der Waals surface area (Å²) in [5.41, 5.74) is 6.80. The average Bonchev–Trinajstić information content (AvgIpc) is 3.57. The molecule has 3 aromatic carbocycles. The number of unbranched alkanes of at least 4 members (excludes halogenated alkanes) is 3. The first-order chi connectivity index (χ1) is 27.9. The Morgan fingerprint density at radius 1 is 0.983 bits per heavy atom. The second-order valence-electron chi connectivity index (χ2n) is 13.8. The summed E-state index contributed by atoms with van der Waals surface area (Å²) in [7, 11) is -2.31. The number of aromatic amines is 1. The minimum absolute atomic E-state index is 0.0578. The maximum Gasteiger partial charge on any atom is 0.305 e. The number of hydrogen-bond donors (Lipinski definition) is 8. The highest BCUT2D eigenvalue weighted by Crippen LogP contribution is 2.44. The quantitative estimate of drug-likeness (QED) is 0.0313. The molecule has 2 aromatic heterocycles. The van der Waals surface area contributed by atoms with Crippen molar-refractivity contribution in [2.24, 2.45) is 5.10 Å². The molecule has 0 saturated heterocycles. The third-order valence-corrected chi connectivity index (χ3v) is 10.4. The van der Waals surface area contributed by atoms with Crippen LogP contribution in [0.25, 0.3) is 11.0 Å². The molecule has 3 amide bonds. The molecule has 6 rings (SSSR count). The lowest BCUT2D eigenvalue weighted by Gasteiger charge is -2.23. The molecule has 58 heavy (non-hydrogen) atoms. The number of imidazole rings is 1. The summed E-state index contributed by atoms with van der Waals surface area (Å²) in [5.74, 6) is -0.917. The lowest BCUT2D eigenvalue weighted by molar-refractivity contribution is -0.141. The Bertz CT molecular complexity index is 2260. The van der Waals surface area contributed by atoms with Crippen LogP contribution in [0.15, 0.2) is 95.1 Å². The van der Waals surface area contributed by atoms with Crippen LogP contribution in [0.4, 0.5) is 11.5 Å². The van der Waals surface area contributed by atoms with E-state index in [1.807, 2.05) is 24.3 Å². The molecule has 1 atom stereocenters. The summed E-state index contributed by atoms with van der Waals surface area (Å²) in [6.07, 6.45) is 5.40. The molecule has 8 N–H and O–H groups in total. The van der Waals surface area contributed by atoms with Crippen molar-refractivity contribution in [1.82, 2.24) is 30.1 Å². The molecule has 3 heterocycles. The monoisotopic (exact) mass is 811 g/mol. The number of likely N-dealkylation sites (N-methyl/N-ethyl adjacent to an activating group) is 1.